The molecule has 9 heteroatoms. The summed E-state index contributed by atoms with van der Waals surface area (Å²) in [6, 6.07) is 11.2. The van der Waals surface area contributed by atoms with Crippen molar-refractivity contribution in [3.05, 3.63) is 48.2 Å². The second kappa shape index (κ2) is 9.50. The molecule has 9 nitrogen and oxygen atoms in total. The summed E-state index contributed by atoms with van der Waals surface area (Å²) < 4.78 is 22.0. The summed E-state index contributed by atoms with van der Waals surface area (Å²) in [4.78, 5) is 22.9. The highest BCUT2D eigenvalue weighted by Crippen LogP contribution is 2.35. The van der Waals surface area contributed by atoms with E-state index >= 15 is 0 Å². The third kappa shape index (κ3) is 4.63. The first-order valence-electron chi connectivity index (χ1n) is 11.1. The minimum atomic E-state index is -0.346. The van der Waals surface area contributed by atoms with Crippen molar-refractivity contribution in [1.29, 1.82) is 0 Å². The van der Waals surface area contributed by atoms with Crippen molar-refractivity contribution in [2.75, 3.05) is 44.9 Å². The average Bonchev–Trinajstić information content (AvgIpc) is 3.23. The van der Waals surface area contributed by atoms with Gasteiger partial charge in [0.25, 0.3) is 0 Å². The smallest absolute Gasteiger partial charge is 0.414 e. The Hall–Kier alpha value is -3.59. The van der Waals surface area contributed by atoms with Gasteiger partial charge in [-0.1, -0.05) is 0 Å². The number of cyclic esters (lactones) is 1. The first-order chi connectivity index (χ1) is 16.2. The zero-order valence-electron chi connectivity index (χ0n) is 18.5. The van der Waals surface area contributed by atoms with E-state index in [1.807, 2.05) is 42.6 Å². The van der Waals surface area contributed by atoms with Gasteiger partial charge in [-0.15, -0.1) is 0 Å². The van der Waals surface area contributed by atoms with Crippen LogP contribution in [-0.4, -0.2) is 62.1 Å². The Bertz CT molecular complexity index is 1150. The largest absolute Gasteiger partial charge is 0.486 e. The van der Waals surface area contributed by atoms with E-state index < -0.39 is 0 Å². The fraction of sp³-hybridized carbons (Fsp3) is 0.375. The highest BCUT2D eigenvalue weighted by molar-refractivity contribution is 5.90. The number of amides is 1. The summed E-state index contributed by atoms with van der Waals surface area (Å²) >= 11 is 0. The molecule has 4 heterocycles. The van der Waals surface area contributed by atoms with Crippen LogP contribution in [0.15, 0.2) is 42.6 Å². The lowest BCUT2D eigenvalue weighted by atomic mass is 10.1. The number of aryl methyl sites for hydroxylation is 1. The Morgan fingerprint density at radius 1 is 1.15 bits per heavy atom. The zero-order chi connectivity index (χ0) is 22.6. The monoisotopic (exact) mass is 450 g/mol. The highest BCUT2D eigenvalue weighted by Gasteiger charge is 2.32. The molecule has 1 atom stereocenters. The lowest BCUT2D eigenvalue weighted by Crippen LogP contribution is -2.31. The standard InChI is InChI=1S/C24H26N4O5/c1-30-22-7-5-19-23(27-22)16(8-10-26-19)3-2-9-25-14-18-15-28(24(29)33-18)17-4-6-20-21(13-17)32-12-11-31-20/h4-8,10,13,18,25H,2-3,9,11-12,14-15H2,1H3/t18-/m1/s1. The molecule has 0 saturated carbocycles. The molecule has 1 fully saturated rings. The van der Waals surface area contributed by atoms with E-state index in [0.717, 1.165) is 41.7 Å². The van der Waals surface area contributed by atoms with Crippen LogP contribution in [0.25, 0.3) is 11.0 Å². The summed E-state index contributed by atoms with van der Waals surface area (Å²) in [6.45, 7) is 2.92. The van der Waals surface area contributed by atoms with Gasteiger partial charge in [-0.2, -0.15) is 0 Å². The molecule has 2 aliphatic rings. The lowest BCUT2D eigenvalue weighted by Gasteiger charge is -2.21. The van der Waals surface area contributed by atoms with Crippen LogP contribution in [0.1, 0.15) is 12.0 Å². The van der Waals surface area contributed by atoms with Crippen LogP contribution in [0.4, 0.5) is 10.5 Å². The number of hydrogen-bond acceptors (Lipinski definition) is 8. The molecule has 1 N–H and O–H groups in total. The summed E-state index contributed by atoms with van der Waals surface area (Å²) in [6.07, 6.45) is 3.04. The zero-order valence-corrected chi connectivity index (χ0v) is 18.5. The van der Waals surface area contributed by atoms with Crippen LogP contribution in [-0.2, 0) is 11.2 Å². The molecule has 1 amide bonds. The van der Waals surface area contributed by atoms with E-state index in [0.29, 0.717) is 43.7 Å². The summed E-state index contributed by atoms with van der Waals surface area (Å²) in [5.41, 5.74) is 3.62. The van der Waals surface area contributed by atoms with Crippen molar-refractivity contribution in [2.24, 2.45) is 0 Å². The van der Waals surface area contributed by atoms with Gasteiger partial charge in [-0.25, -0.2) is 9.78 Å². The van der Waals surface area contributed by atoms with E-state index in [2.05, 4.69) is 15.3 Å². The molecular weight excluding hydrogens is 424 g/mol. The fourth-order valence-electron chi connectivity index (χ4n) is 4.08. The molecule has 1 saturated heterocycles. The summed E-state index contributed by atoms with van der Waals surface area (Å²) in [7, 11) is 1.61. The molecule has 2 aliphatic heterocycles. The number of hydrogen-bond donors (Lipinski definition) is 1. The van der Waals surface area contributed by atoms with E-state index in [-0.39, 0.29) is 12.2 Å². The van der Waals surface area contributed by atoms with Crippen molar-refractivity contribution in [1.82, 2.24) is 15.3 Å². The highest BCUT2D eigenvalue weighted by atomic mass is 16.6. The van der Waals surface area contributed by atoms with Gasteiger partial charge in [0.05, 0.1) is 30.4 Å². The second-order valence-electron chi connectivity index (χ2n) is 7.94. The van der Waals surface area contributed by atoms with Gasteiger partial charge >= 0.3 is 6.09 Å². The number of ether oxygens (including phenoxy) is 4. The summed E-state index contributed by atoms with van der Waals surface area (Å²) in [5, 5.41) is 3.40. The van der Waals surface area contributed by atoms with E-state index in [1.165, 1.54) is 0 Å². The van der Waals surface area contributed by atoms with E-state index in [1.54, 1.807) is 12.0 Å². The van der Waals surface area contributed by atoms with E-state index in [4.69, 9.17) is 18.9 Å². The minimum Gasteiger partial charge on any atom is -0.486 e. The molecule has 5 rings (SSSR count). The van der Waals surface area contributed by atoms with Crippen LogP contribution >= 0.6 is 0 Å². The number of benzene rings is 1. The minimum absolute atomic E-state index is 0.210. The fourth-order valence-corrected chi connectivity index (χ4v) is 4.08. The predicted molar refractivity (Wildman–Crippen MR) is 122 cm³/mol. The molecule has 0 bridgehead atoms. The molecule has 3 aromatic rings. The number of carbonyl (C=O) groups is 1. The Morgan fingerprint density at radius 3 is 2.91 bits per heavy atom. The number of rotatable bonds is 8. The van der Waals surface area contributed by atoms with Gasteiger partial charge in [0.15, 0.2) is 11.5 Å². The molecule has 172 valence electrons. The Kier molecular flexibility index (Phi) is 6.12. The third-order valence-electron chi connectivity index (χ3n) is 5.73. The molecule has 0 spiro atoms. The molecule has 33 heavy (non-hydrogen) atoms. The number of aromatic nitrogens is 2. The van der Waals surface area contributed by atoms with Crippen LogP contribution in [0, 0.1) is 0 Å². The van der Waals surface area contributed by atoms with Gasteiger partial charge in [0.2, 0.25) is 5.88 Å². The Morgan fingerprint density at radius 2 is 2.03 bits per heavy atom. The number of nitrogens with one attached hydrogen (secondary N) is 1. The van der Waals surface area contributed by atoms with Crippen molar-refractivity contribution < 1.29 is 23.7 Å². The van der Waals surface area contributed by atoms with E-state index in [9.17, 15) is 4.79 Å². The number of nitrogens with zero attached hydrogens (tertiary/aromatic N) is 3. The van der Waals surface area contributed by atoms with Crippen molar-refractivity contribution >= 4 is 22.8 Å². The number of fused-ring (bicyclic) bond motifs is 2. The number of anilines is 1. The second-order valence-corrected chi connectivity index (χ2v) is 7.94. The van der Waals surface area contributed by atoms with Crippen LogP contribution in [0.5, 0.6) is 17.4 Å². The molecule has 0 aliphatic carbocycles. The van der Waals surface area contributed by atoms with Gasteiger partial charge in [0.1, 0.15) is 19.3 Å². The maximum atomic E-state index is 12.4. The lowest BCUT2D eigenvalue weighted by molar-refractivity contribution is 0.140. The van der Waals surface area contributed by atoms with Crippen LogP contribution in [0.2, 0.25) is 0 Å². The maximum absolute atomic E-state index is 12.4. The van der Waals surface area contributed by atoms with Crippen molar-refractivity contribution in [2.45, 2.75) is 18.9 Å². The molecular formula is C24H26N4O5. The normalized spacial score (nSPS) is 17.3. The molecule has 0 radical (unpaired) electrons. The van der Waals surface area contributed by atoms with Crippen molar-refractivity contribution in [3.8, 4) is 17.4 Å². The molecule has 2 aromatic heterocycles. The summed E-state index contributed by atoms with van der Waals surface area (Å²) in [5.74, 6) is 1.94. The number of carbonyl (C=O) groups excluding carboxylic acids is 1. The Labute approximate surface area is 191 Å². The quantitative estimate of drug-likeness (QED) is 0.524. The number of methoxy groups -OCH3 is 1. The SMILES string of the molecule is COc1ccc2nccc(CCCNC[C@@H]3CN(c4ccc5c(c4)OCCO5)C(=O)O3)c2n1. The van der Waals surface area contributed by atoms with Gasteiger partial charge < -0.3 is 24.3 Å². The third-order valence-corrected chi connectivity index (χ3v) is 5.73. The number of pyridine rings is 2. The van der Waals surface area contributed by atoms with Gasteiger partial charge in [-0.3, -0.25) is 9.88 Å². The maximum Gasteiger partial charge on any atom is 0.414 e. The van der Waals surface area contributed by atoms with Crippen LogP contribution in [0.3, 0.4) is 0 Å². The van der Waals surface area contributed by atoms with Gasteiger partial charge in [0, 0.05) is 24.9 Å². The average molecular weight is 450 g/mol. The topological polar surface area (TPSA) is 95.0 Å². The Balaban J connectivity index is 1.11. The predicted octanol–water partition coefficient (Wildman–Crippen LogP) is 2.96. The van der Waals surface area contributed by atoms with Gasteiger partial charge in [-0.05, 0) is 49.2 Å². The molecule has 1 aromatic carbocycles. The first kappa shape index (κ1) is 21.3. The van der Waals surface area contributed by atoms with Crippen LogP contribution < -0.4 is 24.4 Å². The van der Waals surface area contributed by atoms with Crippen molar-refractivity contribution in [3.63, 3.8) is 0 Å². The molecule has 0 unspecified atom stereocenters. The first-order valence-corrected chi connectivity index (χ1v) is 11.1.